The number of Topliss-reactive ketones (excluding diaryl/α,β-unsaturated/α-hetero) is 2. The standard InChI is InChI=1S/C5H6O2.2Na.2H/c6-4-2-1-3-5(4)7;;;;/h1-3H2;;;;. The summed E-state index contributed by atoms with van der Waals surface area (Å²) in [6, 6.07) is 0. The van der Waals surface area contributed by atoms with Crippen molar-refractivity contribution in [2.24, 2.45) is 0 Å². The quantitative estimate of drug-likeness (QED) is 0.325. The van der Waals surface area contributed by atoms with Crippen molar-refractivity contribution in [3.63, 3.8) is 0 Å². The van der Waals surface area contributed by atoms with E-state index in [1.165, 1.54) is 0 Å². The fraction of sp³-hybridized carbons (Fsp3) is 0.600. The molecular formula is C5H8Na2O2. The first-order chi connectivity index (χ1) is 3.30. The van der Waals surface area contributed by atoms with Crippen LogP contribution in [0.4, 0.5) is 0 Å². The van der Waals surface area contributed by atoms with Crippen LogP contribution in [0.5, 0.6) is 0 Å². The molecule has 1 fully saturated rings. The van der Waals surface area contributed by atoms with E-state index in [9.17, 15) is 9.59 Å². The molecule has 0 aromatic heterocycles. The van der Waals surface area contributed by atoms with Gasteiger partial charge in [-0.3, -0.25) is 9.59 Å². The van der Waals surface area contributed by atoms with Crippen LogP contribution in [-0.2, 0) is 9.59 Å². The van der Waals surface area contributed by atoms with Gasteiger partial charge in [-0.1, -0.05) is 0 Å². The van der Waals surface area contributed by atoms with E-state index in [0.29, 0.717) is 12.8 Å². The molecule has 0 amide bonds. The number of hydrogen-bond acceptors (Lipinski definition) is 2. The summed E-state index contributed by atoms with van der Waals surface area (Å²) in [6.45, 7) is 0. The number of ketones is 2. The monoisotopic (exact) mass is 146 g/mol. The van der Waals surface area contributed by atoms with Crippen molar-refractivity contribution >= 4 is 70.7 Å². The zero-order chi connectivity index (χ0) is 5.28. The molecule has 1 saturated carbocycles. The van der Waals surface area contributed by atoms with E-state index < -0.39 is 0 Å². The number of carbonyl (C=O) groups is 2. The summed E-state index contributed by atoms with van der Waals surface area (Å²) in [5, 5.41) is 0. The fourth-order valence-corrected chi connectivity index (χ4v) is 0.688. The van der Waals surface area contributed by atoms with E-state index in [0.717, 1.165) is 6.42 Å². The van der Waals surface area contributed by atoms with Gasteiger partial charge in [0.1, 0.15) is 0 Å². The van der Waals surface area contributed by atoms with Gasteiger partial charge in [0.2, 0.25) is 0 Å². The van der Waals surface area contributed by atoms with Crippen LogP contribution in [0, 0.1) is 0 Å². The van der Waals surface area contributed by atoms with Gasteiger partial charge in [0.15, 0.2) is 11.6 Å². The van der Waals surface area contributed by atoms with E-state index in [1.807, 2.05) is 0 Å². The molecule has 0 N–H and O–H groups in total. The zero-order valence-corrected chi connectivity index (χ0v) is 3.94. The van der Waals surface area contributed by atoms with Crippen molar-refractivity contribution in [2.75, 3.05) is 0 Å². The van der Waals surface area contributed by atoms with Crippen LogP contribution in [0.25, 0.3) is 0 Å². The van der Waals surface area contributed by atoms with E-state index in [4.69, 9.17) is 0 Å². The summed E-state index contributed by atoms with van der Waals surface area (Å²) in [6.07, 6.45) is 1.75. The molecule has 42 valence electrons. The Labute approximate surface area is 98.3 Å². The van der Waals surface area contributed by atoms with Gasteiger partial charge in [-0.2, -0.15) is 0 Å². The van der Waals surface area contributed by atoms with Gasteiger partial charge in [0, 0.05) is 12.8 Å². The molecule has 0 aromatic carbocycles. The number of carbonyl (C=O) groups excluding carboxylic acids is 2. The van der Waals surface area contributed by atoms with Crippen LogP contribution >= 0.6 is 0 Å². The molecule has 0 unspecified atom stereocenters. The maximum atomic E-state index is 10.2. The van der Waals surface area contributed by atoms with Crippen LogP contribution in [0.3, 0.4) is 0 Å². The average Bonchev–Trinajstić information content (AvgIpc) is 1.91. The third kappa shape index (κ3) is 3.91. The van der Waals surface area contributed by atoms with Crippen molar-refractivity contribution in [1.82, 2.24) is 0 Å². The van der Waals surface area contributed by atoms with E-state index in [2.05, 4.69) is 0 Å². The first-order valence-electron chi connectivity index (χ1n) is 2.37. The average molecular weight is 146 g/mol. The third-order valence-electron chi connectivity index (χ3n) is 1.12. The molecule has 1 aliphatic carbocycles. The number of hydrogen-bond donors (Lipinski definition) is 0. The van der Waals surface area contributed by atoms with Crippen LogP contribution in [0.15, 0.2) is 0 Å². The van der Waals surface area contributed by atoms with Gasteiger partial charge < -0.3 is 0 Å². The normalized spacial score (nSPS) is 16.4. The molecule has 0 aliphatic heterocycles. The third-order valence-corrected chi connectivity index (χ3v) is 1.12. The molecule has 0 aromatic rings. The second kappa shape index (κ2) is 6.08. The summed E-state index contributed by atoms with van der Waals surface area (Å²) < 4.78 is 0. The molecule has 0 spiro atoms. The van der Waals surface area contributed by atoms with Crippen LogP contribution in [0.1, 0.15) is 19.3 Å². The van der Waals surface area contributed by atoms with Gasteiger partial charge in [-0.25, -0.2) is 0 Å². The van der Waals surface area contributed by atoms with Crippen LogP contribution in [-0.4, -0.2) is 70.7 Å². The molecule has 1 aliphatic rings. The summed E-state index contributed by atoms with van der Waals surface area (Å²) in [5.74, 6) is -0.361. The Kier molecular flexibility index (Phi) is 8.76. The SMILES string of the molecule is O=C1CCCC1=O.[NaH].[NaH]. The molecule has 2 nitrogen and oxygen atoms in total. The Morgan fingerprint density at radius 2 is 1.22 bits per heavy atom. The molecule has 0 radical (unpaired) electrons. The second-order valence-electron chi connectivity index (χ2n) is 1.70. The minimum absolute atomic E-state index is 0. The second-order valence-corrected chi connectivity index (χ2v) is 1.70. The molecule has 1 rings (SSSR count). The minimum atomic E-state index is -0.181. The Morgan fingerprint density at radius 1 is 0.889 bits per heavy atom. The van der Waals surface area contributed by atoms with Gasteiger partial charge in [-0.05, 0) is 6.42 Å². The van der Waals surface area contributed by atoms with Crippen molar-refractivity contribution in [1.29, 1.82) is 0 Å². The first kappa shape index (κ1) is 13.0. The van der Waals surface area contributed by atoms with Crippen LogP contribution in [0.2, 0.25) is 0 Å². The van der Waals surface area contributed by atoms with Gasteiger partial charge >= 0.3 is 59.1 Å². The Hall–Kier alpha value is 1.34. The van der Waals surface area contributed by atoms with Gasteiger partial charge in [-0.15, -0.1) is 0 Å². The molecule has 0 bridgehead atoms. The first-order valence-corrected chi connectivity index (χ1v) is 2.37. The molecule has 0 saturated heterocycles. The topological polar surface area (TPSA) is 34.1 Å². The van der Waals surface area contributed by atoms with E-state index in [-0.39, 0.29) is 70.7 Å². The van der Waals surface area contributed by atoms with Gasteiger partial charge in [0.05, 0.1) is 0 Å². The fourth-order valence-electron chi connectivity index (χ4n) is 0.688. The zero-order valence-electron chi connectivity index (χ0n) is 3.94. The Morgan fingerprint density at radius 3 is 1.33 bits per heavy atom. The van der Waals surface area contributed by atoms with E-state index >= 15 is 0 Å². The van der Waals surface area contributed by atoms with Crippen molar-refractivity contribution in [3.8, 4) is 0 Å². The van der Waals surface area contributed by atoms with Crippen molar-refractivity contribution in [2.45, 2.75) is 19.3 Å². The maximum absolute atomic E-state index is 10.2. The Bertz CT molecular complexity index is 108. The summed E-state index contributed by atoms with van der Waals surface area (Å²) >= 11 is 0. The molecule has 4 heteroatoms. The van der Waals surface area contributed by atoms with E-state index in [1.54, 1.807) is 0 Å². The van der Waals surface area contributed by atoms with Crippen molar-refractivity contribution in [3.05, 3.63) is 0 Å². The molecular weight excluding hydrogens is 138 g/mol. The van der Waals surface area contributed by atoms with Crippen LogP contribution < -0.4 is 0 Å². The van der Waals surface area contributed by atoms with Gasteiger partial charge in [0.25, 0.3) is 0 Å². The molecule has 0 heterocycles. The summed E-state index contributed by atoms with van der Waals surface area (Å²) in [5.41, 5.74) is 0. The molecule has 0 atom stereocenters. The Balaban J connectivity index is 0. The predicted octanol–water partition coefficient (Wildman–Crippen LogP) is -0.989. The van der Waals surface area contributed by atoms with Crippen molar-refractivity contribution < 1.29 is 9.59 Å². The summed E-state index contributed by atoms with van der Waals surface area (Å²) in [7, 11) is 0. The number of rotatable bonds is 0. The summed E-state index contributed by atoms with van der Waals surface area (Å²) in [4.78, 5) is 20.4. The molecule has 9 heavy (non-hydrogen) atoms. The predicted molar refractivity (Wildman–Crippen MR) is 38.2 cm³/mol.